The van der Waals surface area contributed by atoms with E-state index >= 15 is 0 Å². The summed E-state index contributed by atoms with van der Waals surface area (Å²) in [6.07, 6.45) is 3.06. The van der Waals surface area contributed by atoms with Gasteiger partial charge in [0.1, 0.15) is 0 Å². The zero-order valence-electron chi connectivity index (χ0n) is 7.59. The van der Waals surface area contributed by atoms with Crippen molar-refractivity contribution in [1.29, 1.82) is 0 Å². The second-order valence-corrected chi connectivity index (χ2v) is 3.69. The molecule has 70 valence electrons. The molecule has 2 rings (SSSR count). The van der Waals surface area contributed by atoms with E-state index in [2.05, 4.69) is 10.2 Å². The molecule has 2 heterocycles. The summed E-state index contributed by atoms with van der Waals surface area (Å²) in [5.74, 6) is 0. The van der Waals surface area contributed by atoms with Crippen LogP contribution in [0.4, 0.5) is 0 Å². The molecule has 0 aromatic rings. The number of hydrogen-bond donors (Lipinski definition) is 1. The standard InChI is InChI=1S/C9H18N2O/c1-2-9(12-7-1)8-11-5-3-10-4-6-11/h9-10H,1-8H2. The zero-order chi connectivity index (χ0) is 8.23. The minimum Gasteiger partial charge on any atom is -0.377 e. The lowest BCUT2D eigenvalue weighted by atomic mass is 10.2. The van der Waals surface area contributed by atoms with E-state index in [1.807, 2.05) is 0 Å². The summed E-state index contributed by atoms with van der Waals surface area (Å²) in [7, 11) is 0. The zero-order valence-corrected chi connectivity index (χ0v) is 7.59. The van der Waals surface area contributed by atoms with Gasteiger partial charge in [-0.2, -0.15) is 0 Å². The molecule has 0 radical (unpaired) electrons. The first kappa shape index (κ1) is 8.48. The van der Waals surface area contributed by atoms with Crippen molar-refractivity contribution in [3.63, 3.8) is 0 Å². The van der Waals surface area contributed by atoms with E-state index < -0.39 is 0 Å². The van der Waals surface area contributed by atoms with Crippen LogP contribution >= 0.6 is 0 Å². The highest BCUT2D eigenvalue weighted by Crippen LogP contribution is 2.13. The van der Waals surface area contributed by atoms with E-state index in [1.54, 1.807) is 0 Å². The SMILES string of the molecule is C1COC(CN2CCNCC2)C1. The number of rotatable bonds is 2. The van der Waals surface area contributed by atoms with Crippen molar-refractivity contribution in [2.75, 3.05) is 39.3 Å². The quantitative estimate of drug-likeness (QED) is 0.635. The largest absolute Gasteiger partial charge is 0.377 e. The van der Waals surface area contributed by atoms with Crippen molar-refractivity contribution in [3.05, 3.63) is 0 Å². The highest BCUT2D eigenvalue weighted by atomic mass is 16.5. The molecule has 0 aromatic heterocycles. The summed E-state index contributed by atoms with van der Waals surface area (Å²) in [6, 6.07) is 0. The first-order valence-electron chi connectivity index (χ1n) is 5.00. The molecule has 1 atom stereocenters. The second kappa shape index (κ2) is 4.21. The van der Waals surface area contributed by atoms with Crippen molar-refractivity contribution >= 4 is 0 Å². The van der Waals surface area contributed by atoms with Gasteiger partial charge in [-0.3, -0.25) is 4.90 Å². The van der Waals surface area contributed by atoms with Crippen LogP contribution in [-0.2, 0) is 4.74 Å². The summed E-state index contributed by atoms with van der Waals surface area (Å²) in [4.78, 5) is 2.51. The van der Waals surface area contributed by atoms with Gasteiger partial charge in [-0.1, -0.05) is 0 Å². The Bertz CT molecular complexity index is 128. The summed E-state index contributed by atoms with van der Waals surface area (Å²) in [5.41, 5.74) is 0. The van der Waals surface area contributed by atoms with E-state index in [4.69, 9.17) is 4.74 Å². The lowest BCUT2D eigenvalue weighted by molar-refractivity contribution is 0.0691. The molecular weight excluding hydrogens is 152 g/mol. The number of ether oxygens (including phenoxy) is 1. The van der Waals surface area contributed by atoms with Crippen LogP contribution < -0.4 is 5.32 Å². The van der Waals surface area contributed by atoms with Crippen LogP contribution in [0, 0.1) is 0 Å². The summed E-state index contributed by atoms with van der Waals surface area (Å²) in [5, 5.41) is 3.36. The minimum atomic E-state index is 0.531. The monoisotopic (exact) mass is 170 g/mol. The number of nitrogens with one attached hydrogen (secondary N) is 1. The highest BCUT2D eigenvalue weighted by molar-refractivity contribution is 4.74. The third kappa shape index (κ3) is 2.19. The summed E-state index contributed by atoms with van der Waals surface area (Å²) >= 11 is 0. The average molecular weight is 170 g/mol. The first-order valence-corrected chi connectivity index (χ1v) is 5.00. The lowest BCUT2D eigenvalue weighted by Crippen LogP contribution is -2.46. The fourth-order valence-electron chi connectivity index (χ4n) is 1.97. The van der Waals surface area contributed by atoms with Crippen LogP contribution in [0.25, 0.3) is 0 Å². The molecule has 1 unspecified atom stereocenters. The van der Waals surface area contributed by atoms with E-state index in [0.29, 0.717) is 6.10 Å². The predicted molar refractivity (Wildman–Crippen MR) is 48.3 cm³/mol. The van der Waals surface area contributed by atoms with Crippen LogP contribution in [0.3, 0.4) is 0 Å². The molecule has 1 N–H and O–H groups in total. The van der Waals surface area contributed by atoms with Gasteiger partial charge in [0.2, 0.25) is 0 Å². The molecule has 2 fully saturated rings. The van der Waals surface area contributed by atoms with Gasteiger partial charge in [0.25, 0.3) is 0 Å². The predicted octanol–water partition coefficient (Wildman–Crippen LogP) is 0.0706. The van der Waals surface area contributed by atoms with E-state index in [-0.39, 0.29) is 0 Å². The Kier molecular flexibility index (Phi) is 2.98. The molecule has 3 heteroatoms. The van der Waals surface area contributed by atoms with E-state index in [0.717, 1.165) is 26.2 Å². The van der Waals surface area contributed by atoms with Crippen LogP contribution in [0.1, 0.15) is 12.8 Å². The minimum absolute atomic E-state index is 0.531. The average Bonchev–Trinajstić information content (AvgIpc) is 2.59. The normalized spacial score (nSPS) is 32.5. The molecule has 12 heavy (non-hydrogen) atoms. The molecule has 2 aliphatic heterocycles. The maximum Gasteiger partial charge on any atom is 0.0702 e. The maximum atomic E-state index is 5.59. The first-order chi connectivity index (χ1) is 5.95. The number of nitrogens with zero attached hydrogens (tertiary/aromatic N) is 1. The summed E-state index contributed by atoms with van der Waals surface area (Å²) in [6.45, 7) is 6.82. The molecule has 2 saturated heterocycles. The van der Waals surface area contributed by atoms with Crippen LogP contribution in [0.5, 0.6) is 0 Å². The molecular formula is C9H18N2O. The molecule has 3 nitrogen and oxygen atoms in total. The van der Waals surface area contributed by atoms with Crippen LogP contribution in [0.15, 0.2) is 0 Å². The van der Waals surface area contributed by atoms with Gasteiger partial charge in [0.05, 0.1) is 6.10 Å². The lowest BCUT2D eigenvalue weighted by Gasteiger charge is -2.29. The van der Waals surface area contributed by atoms with Crippen LogP contribution in [0.2, 0.25) is 0 Å². The Balaban J connectivity index is 1.69. The summed E-state index contributed by atoms with van der Waals surface area (Å²) < 4.78 is 5.59. The third-order valence-corrected chi connectivity index (χ3v) is 2.70. The van der Waals surface area contributed by atoms with Crippen molar-refractivity contribution in [2.24, 2.45) is 0 Å². The second-order valence-electron chi connectivity index (χ2n) is 3.69. The maximum absolute atomic E-state index is 5.59. The molecule has 2 aliphatic rings. The fraction of sp³-hybridized carbons (Fsp3) is 1.00. The molecule has 0 amide bonds. The van der Waals surface area contributed by atoms with Crippen LogP contribution in [-0.4, -0.2) is 50.3 Å². The third-order valence-electron chi connectivity index (χ3n) is 2.70. The molecule has 0 aliphatic carbocycles. The van der Waals surface area contributed by atoms with Crippen molar-refractivity contribution in [1.82, 2.24) is 10.2 Å². The van der Waals surface area contributed by atoms with Gasteiger partial charge in [-0.15, -0.1) is 0 Å². The Morgan fingerprint density at radius 3 is 2.83 bits per heavy atom. The van der Waals surface area contributed by atoms with Crippen molar-refractivity contribution in [2.45, 2.75) is 18.9 Å². The Morgan fingerprint density at radius 1 is 1.33 bits per heavy atom. The fourth-order valence-corrected chi connectivity index (χ4v) is 1.97. The van der Waals surface area contributed by atoms with Gasteiger partial charge >= 0.3 is 0 Å². The molecule has 0 bridgehead atoms. The smallest absolute Gasteiger partial charge is 0.0702 e. The van der Waals surface area contributed by atoms with Gasteiger partial charge in [0.15, 0.2) is 0 Å². The van der Waals surface area contributed by atoms with Crippen molar-refractivity contribution in [3.8, 4) is 0 Å². The van der Waals surface area contributed by atoms with Gasteiger partial charge in [-0.25, -0.2) is 0 Å². The number of piperazine rings is 1. The van der Waals surface area contributed by atoms with Gasteiger partial charge in [0, 0.05) is 39.3 Å². The van der Waals surface area contributed by atoms with E-state index in [1.165, 1.54) is 25.9 Å². The topological polar surface area (TPSA) is 24.5 Å². The molecule has 0 saturated carbocycles. The highest BCUT2D eigenvalue weighted by Gasteiger charge is 2.19. The number of hydrogen-bond acceptors (Lipinski definition) is 3. The Morgan fingerprint density at radius 2 is 2.17 bits per heavy atom. The molecule has 0 aromatic carbocycles. The Hall–Kier alpha value is -0.120. The van der Waals surface area contributed by atoms with E-state index in [9.17, 15) is 0 Å². The Labute approximate surface area is 74.1 Å². The van der Waals surface area contributed by atoms with Gasteiger partial charge < -0.3 is 10.1 Å². The van der Waals surface area contributed by atoms with Crippen molar-refractivity contribution < 1.29 is 4.74 Å². The van der Waals surface area contributed by atoms with Gasteiger partial charge in [-0.05, 0) is 12.8 Å². The molecule has 0 spiro atoms.